The monoisotopic (exact) mass is 239 g/mol. The molecule has 1 aromatic rings. The van der Waals surface area contributed by atoms with Crippen molar-refractivity contribution in [3.05, 3.63) is 29.8 Å². The van der Waals surface area contributed by atoms with Crippen LogP contribution in [0.15, 0.2) is 24.3 Å². The standard InChI is InChI=1S/C13H18ClNO/c14-7-2-4-11-3-1-5-12(9-11)15-13-6-8-16-10-13/h1,3,5,9,13,15H,2,4,6-8,10H2. The van der Waals surface area contributed by atoms with Gasteiger partial charge < -0.3 is 10.1 Å². The Kier molecular flexibility index (Phi) is 4.49. The summed E-state index contributed by atoms with van der Waals surface area (Å²) >= 11 is 5.70. The molecule has 1 heterocycles. The summed E-state index contributed by atoms with van der Waals surface area (Å²) in [5.74, 6) is 0.730. The number of hydrogen-bond donors (Lipinski definition) is 1. The van der Waals surface area contributed by atoms with Crippen molar-refractivity contribution in [3.63, 3.8) is 0 Å². The zero-order valence-corrected chi connectivity index (χ0v) is 10.2. The molecule has 2 nitrogen and oxygen atoms in total. The fourth-order valence-corrected chi connectivity index (χ4v) is 2.11. The summed E-state index contributed by atoms with van der Waals surface area (Å²) < 4.78 is 5.34. The van der Waals surface area contributed by atoms with Gasteiger partial charge in [0.25, 0.3) is 0 Å². The summed E-state index contributed by atoms with van der Waals surface area (Å²) in [5, 5.41) is 3.50. The minimum atomic E-state index is 0.475. The molecule has 16 heavy (non-hydrogen) atoms. The molecule has 0 radical (unpaired) electrons. The van der Waals surface area contributed by atoms with Gasteiger partial charge in [0, 0.05) is 18.2 Å². The van der Waals surface area contributed by atoms with Crippen LogP contribution in [0.4, 0.5) is 5.69 Å². The van der Waals surface area contributed by atoms with Gasteiger partial charge >= 0.3 is 0 Å². The highest BCUT2D eigenvalue weighted by atomic mass is 35.5. The van der Waals surface area contributed by atoms with Crippen molar-refractivity contribution in [2.75, 3.05) is 24.4 Å². The minimum absolute atomic E-state index is 0.475. The van der Waals surface area contributed by atoms with Crippen molar-refractivity contribution in [2.45, 2.75) is 25.3 Å². The van der Waals surface area contributed by atoms with Crippen LogP contribution in [-0.4, -0.2) is 25.1 Å². The molecule has 1 N–H and O–H groups in total. The molecule has 0 bridgehead atoms. The number of halogens is 1. The maximum Gasteiger partial charge on any atom is 0.0668 e. The molecular weight excluding hydrogens is 222 g/mol. The predicted octanol–water partition coefficient (Wildman–Crippen LogP) is 3.06. The van der Waals surface area contributed by atoms with Gasteiger partial charge in [-0.15, -0.1) is 11.6 Å². The minimum Gasteiger partial charge on any atom is -0.380 e. The van der Waals surface area contributed by atoms with Crippen molar-refractivity contribution in [1.29, 1.82) is 0 Å². The number of nitrogens with one attached hydrogen (secondary N) is 1. The molecule has 0 spiro atoms. The van der Waals surface area contributed by atoms with Crippen LogP contribution in [0.25, 0.3) is 0 Å². The van der Waals surface area contributed by atoms with Gasteiger partial charge in [-0.25, -0.2) is 0 Å². The molecule has 88 valence electrons. The van der Waals surface area contributed by atoms with Crippen molar-refractivity contribution < 1.29 is 4.74 Å². The second kappa shape index (κ2) is 6.12. The number of ether oxygens (including phenoxy) is 1. The van der Waals surface area contributed by atoms with Crippen LogP contribution in [0.1, 0.15) is 18.4 Å². The van der Waals surface area contributed by atoms with E-state index in [4.69, 9.17) is 16.3 Å². The Bertz CT molecular complexity index is 323. The molecule has 1 unspecified atom stereocenters. The number of alkyl halides is 1. The summed E-state index contributed by atoms with van der Waals surface area (Å²) in [6, 6.07) is 9.06. The van der Waals surface area contributed by atoms with Gasteiger partial charge in [-0.2, -0.15) is 0 Å². The highest BCUT2D eigenvalue weighted by Crippen LogP contribution is 2.16. The van der Waals surface area contributed by atoms with Gasteiger partial charge in [0.15, 0.2) is 0 Å². The lowest BCUT2D eigenvalue weighted by Crippen LogP contribution is -2.18. The number of hydrogen-bond acceptors (Lipinski definition) is 2. The summed E-state index contributed by atoms with van der Waals surface area (Å²) in [4.78, 5) is 0. The molecular formula is C13H18ClNO. The molecule has 0 aliphatic carbocycles. The molecule has 1 saturated heterocycles. The van der Waals surface area contributed by atoms with E-state index in [0.717, 1.165) is 38.4 Å². The Morgan fingerprint density at radius 3 is 3.12 bits per heavy atom. The van der Waals surface area contributed by atoms with E-state index < -0.39 is 0 Å². The Labute approximate surface area is 102 Å². The van der Waals surface area contributed by atoms with Gasteiger partial charge in [0.1, 0.15) is 0 Å². The first-order chi connectivity index (χ1) is 7.88. The van der Waals surface area contributed by atoms with E-state index in [-0.39, 0.29) is 0 Å². The van der Waals surface area contributed by atoms with E-state index in [1.54, 1.807) is 0 Å². The highest BCUT2D eigenvalue weighted by molar-refractivity contribution is 6.17. The molecule has 1 aliphatic heterocycles. The lowest BCUT2D eigenvalue weighted by molar-refractivity contribution is 0.195. The number of aryl methyl sites for hydroxylation is 1. The van der Waals surface area contributed by atoms with E-state index in [0.29, 0.717) is 6.04 Å². The average molecular weight is 240 g/mol. The maximum atomic E-state index is 5.70. The summed E-state index contributed by atoms with van der Waals surface area (Å²) in [5.41, 5.74) is 2.55. The van der Waals surface area contributed by atoms with Crippen molar-refractivity contribution in [1.82, 2.24) is 0 Å². The van der Waals surface area contributed by atoms with Gasteiger partial charge in [-0.3, -0.25) is 0 Å². The molecule has 0 amide bonds. The molecule has 1 atom stereocenters. The van der Waals surface area contributed by atoms with Crippen LogP contribution < -0.4 is 5.32 Å². The van der Waals surface area contributed by atoms with E-state index in [2.05, 4.69) is 29.6 Å². The molecule has 1 aromatic carbocycles. The molecule has 2 rings (SSSR count). The summed E-state index contributed by atoms with van der Waals surface area (Å²) in [6.07, 6.45) is 3.20. The first-order valence-electron chi connectivity index (χ1n) is 5.87. The molecule has 0 saturated carbocycles. The molecule has 0 aromatic heterocycles. The van der Waals surface area contributed by atoms with Crippen molar-refractivity contribution in [3.8, 4) is 0 Å². The van der Waals surface area contributed by atoms with E-state index in [1.165, 1.54) is 11.3 Å². The number of anilines is 1. The maximum absolute atomic E-state index is 5.70. The summed E-state index contributed by atoms with van der Waals surface area (Å²) in [7, 11) is 0. The van der Waals surface area contributed by atoms with Gasteiger partial charge in [0.05, 0.1) is 12.6 Å². The average Bonchev–Trinajstić information content (AvgIpc) is 2.80. The fourth-order valence-electron chi connectivity index (χ4n) is 1.97. The van der Waals surface area contributed by atoms with Crippen LogP contribution in [0.2, 0.25) is 0 Å². The van der Waals surface area contributed by atoms with Crippen LogP contribution in [0.5, 0.6) is 0 Å². The van der Waals surface area contributed by atoms with Gasteiger partial charge in [-0.05, 0) is 37.0 Å². The zero-order chi connectivity index (χ0) is 11.2. The Morgan fingerprint density at radius 1 is 1.44 bits per heavy atom. The second-order valence-corrected chi connectivity index (χ2v) is 4.58. The smallest absolute Gasteiger partial charge is 0.0668 e. The second-order valence-electron chi connectivity index (χ2n) is 4.20. The molecule has 1 fully saturated rings. The highest BCUT2D eigenvalue weighted by Gasteiger charge is 2.14. The number of benzene rings is 1. The third-order valence-electron chi connectivity index (χ3n) is 2.83. The van der Waals surface area contributed by atoms with Crippen LogP contribution >= 0.6 is 11.6 Å². The SMILES string of the molecule is ClCCCc1cccc(NC2CCOC2)c1. The predicted molar refractivity (Wildman–Crippen MR) is 68.3 cm³/mol. The topological polar surface area (TPSA) is 21.3 Å². The van der Waals surface area contributed by atoms with E-state index in [9.17, 15) is 0 Å². The Balaban J connectivity index is 1.92. The third kappa shape index (κ3) is 3.39. The van der Waals surface area contributed by atoms with Gasteiger partial charge in [-0.1, -0.05) is 12.1 Å². The quantitative estimate of drug-likeness (QED) is 0.798. The van der Waals surface area contributed by atoms with Crippen LogP contribution in [0.3, 0.4) is 0 Å². The van der Waals surface area contributed by atoms with E-state index >= 15 is 0 Å². The van der Waals surface area contributed by atoms with Crippen LogP contribution in [0, 0.1) is 0 Å². The van der Waals surface area contributed by atoms with E-state index in [1.807, 2.05) is 0 Å². The van der Waals surface area contributed by atoms with Gasteiger partial charge in [0.2, 0.25) is 0 Å². The first-order valence-corrected chi connectivity index (χ1v) is 6.41. The fraction of sp³-hybridized carbons (Fsp3) is 0.538. The van der Waals surface area contributed by atoms with Crippen molar-refractivity contribution in [2.24, 2.45) is 0 Å². The zero-order valence-electron chi connectivity index (χ0n) is 9.42. The lowest BCUT2D eigenvalue weighted by atomic mass is 10.1. The largest absolute Gasteiger partial charge is 0.380 e. The summed E-state index contributed by atoms with van der Waals surface area (Å²) in [6.45, 7) is 1.70. The molecule has 1 aliphatic rings. The normalized spacial score (nSPS) is 19.9. The Hall–Kier alpha value is -0.730. The van der Waals surface area contributed by atoms with Crippen LogP contribution in [-0.2, 0) is 11.2 Å². The Morgan fingerprint density at radius 2 is 2.38 bits per heavy atom. The number of rotatable bonds is 5. The van der Waals surface area contributed by atoms with Crippen molar-refractivity contribution >= 4 is 17.3 Å². The third-order valence-corrected chi connectivity index (χ3v) is 3.09. The lowest BCUT2D eigenvalue weighted by Gasteiger charge is -2.13. The first kappa shape index (κ1) is 11.7. The molecule has 3 heteroatoms.